The lowest BCUT2D eigenvalue weighted by atomic mass is 10.3. The Bertz CT molecular complexity index is 498. The van der Waals surface area contributed by atoms with E-state index in [1.165, 1.54) is 0 Å². The lowest BCUT2D eigenvalue weighted by Crippen LogP contribution is -2.37. The number of ether oxygens (including phenoxy) is 3. The van der Waals surface area contributed by atoms with Crippen LogP contribution >= 0.6 is 0 Å². The van der Waals surface area contributed by atoms with Crippen LogP contribution in [-0.2, 0) is 9.16 Å². The van der Waals surface area contributed by atoms with E-state index < -0.39 is 8.32 Å². The summed E-state index contributed by atoms with van der Waals surface area (Å²) < 4.78 is 23.0. The zero-order valence-electron chi connectivity index (χ0n) is 16.8. The average Bonchev–Trinajstić information content (AvgIpc) is 2.59. The molecule has 2 rings (SSSR count). The Morgan fingerprint density at radius 3 is 2.15 bits per heavy atom. The molecule has 0 amide bonds. The predicted molar refractivity (Wildman–Crippen MR) is 108 cm³/mol. The third-order valence-corrected chi connectivity index (χ3v) is 5.27. The lowest BCUT2D eigenvalue weighted by molar-refractivity contribution is 0.0358. The van der Waals surface area contributed by atoms with Crippen molar-refractivity contribution in [2.24, 2.45) is 0 Å². The third-order valence-electron chi connectivity index (χ3n) is 4.16. The molecule has 26 heavy (non-hydrogen) atoms. The maximum absolute atomic E-state index is 6.02. The predicted octanol–water partition coefficient (Wildman–Crippen LogP) is 3.80. The summed E-state index contributed by atoms with van der Waals surface area (Å²) in [6, 6.07) is 7.90. The van der Waals surface area contributed by atoms with Gasteiger partial charge in [-0.25, -0.2) is 0 Å². The summed E-state index contributed by atoms with van der Waals surface area (Å²) >= 11 is 0. The summed E-state index contributed by atoms with van der Waals surface area (Å²) in [5, 5.41) is 0. The van der Waals surface area contributed by atoms with Crippen molar-refractivity contribution in [3.8, 4) is 11.5 Å². The van der Waals surface area contributed by atoms with Gasteiger partial charge in [-0.2, -0.15) is 0 Å². The van der Waals surface area contributed by atoms with Crippen LogP contribution in [0.5, 0.6) is 11.5 Å². The van der Waals surface area contributed by atoms with Gasteiger partial charge in [0.05, 0.1) is 26.4 Å². The first-order chi connectivity index (χ1) is 12.4. The SMILES string of the molecule is CC(CCOc1ccc(OCCCN2CCOCC2)cc1)O[Si](C)(C)C. The fourth-order valence-corrected chi connectivity index (χ4v) is 4.27. The minimum absolute atomic E-state index is 0.246. The summed E-state index contributed by atoms with van der Waals surface area (Å²) in [5.41, 5.74) is 0. The Morgan fingerprint density at radius 1 is 1.00 bits per heavy atom. The first kappa shape index (κ1) is 21.2. The number of hydrogen-bond donors (Lipinski definition) is 0. The van der Waals surface area contributed by atoms with Crippen LogP contribution in [0.2, 0.25) is 19.6 Å². The van der Waals surface area contributed by atoms with Gasteiger partial charge in [-0.15, -0.1) is 0 Å². The second kappa shape index (κ2) is 10.9. The number of benzene rings is 1. The van der Waals surface area contributed by atoms with Crippen LogP contribution in [0.1, 0.15) is 19.8 Å². The number of nitrogens with zero attached hydrogens (tertiary/aromatic N) is 1. The van der Waals surface area contributed by atoms with Crippen molar-refractivity contribution in [3.63, 3.8) is 0 Å². The van der Waals surface area contributed by atoms with Crippen molar-refractivity contribution in [1.82, 2.24) is 4.90 Å². The molecule has 0 N–H and O–H groups in total. The first-order valence-electron chi connectivity index (χ1n) is 9.76. The molecule has 0 aromatic heterocycles. The first-order valence-corrected chi connectivity index (χ1v) is 13.2. The Labute approximate surface area is 159 Å². The molecule has 0 aliphatic carbocycles. The summed E-state index contributed by atoms with van der Waals surface area (Å²) in [6.07, 6.45) is 2.19. The Morgan fingerprint density at radius 2 is 1.58 bits per heavy atom. The molecule has 1 aromatic rings. The molecule has 1 aliphatic heterocycles. The lowest BCUT2D eigenvalue weighted by Gasteiger charge is -2.26. The fourth-order valence-electron chi connectivity index (χ4n) is 2.94. The van der Waals surface area contributed by atoms with Crippen LogP contribution in [0, 0.1) is 0 Å². The Kier molecular flexibility index (Phi) is 8.91. The molecule has 148 valence electrons. The van der Waals surface area contributed by atoms with Gasteiger partial charge in [0.25, 0.3) is 0 Å². The maximum Gasteiger partial charge on any atom is 0.184 e. The quantitative estimate of drug-likeness (QED) is 0.431. The van der Waals surface area contributed by atoms with Crippen LogP contribution in [-0.4, -0.2) is 65.4 Å². The van der Waals surface area contributed by atoms with Crippen LogP contribution < -0.4 is 9.47 Å². The number of hydrogen-bond acceptors (Lipinski definition) is 5. The van der Waals surface area contributed by atoms with Gasteiger partial charge < -0.3 is 18.6 Å². The molecule has 0 saturated carbocycles. The summed E-state index contributed by atoms with van der Waals surface area (Å²) in [5.74, 6) is 1.78. The minimum Gasteiger partial charge on any atom is -0.494 e. The van der Waals surface area contributed by atoms with E-state index in [1.54, 1.807) is 0 Å². The minimum atomic E-state index is -1.47. The molecule has 5 nitrogen and oxygen atoms in total. The Balaban J connectivity index is 1.58. The topological polar surface area (TPSA) is 40.2 Å². The highest BCUT2D eigenvalue weighted by Gasteiger charge is 2.18. The molecular weight excluding hydrogens is 346 g/mol. The van der Waals surface area contributed by atoms with Gasteiger partial charge in [-0.05, 0) is 57.3 Å². The molecular formula is C20H35NO4Si. The molecule has 0 spiro atoms. The average molecular weight is 382 g/mol. The van der Waals surface area contributed by atoms with Gasteiger partial charge in [-0.3, -0.25) is 4.90 Å². The van der Waals surface area contributed by atoms with Crippen LogP contribution in [0.25, 0.3) is 0 Å². The molecule has 1 saturated heterocycles. The maximum atomic E-state index is 6.02. The second-order valence-electron chi connectivity index (χ2n) is 7.81. The molecule has 0 bridgehead atoms. The molecule has 1 unspecified atom stereocenters. The van der Waals surface area contributed by atoms with Gasteiger partial charge >= 0.3 is 0 Å². The van der Waals surface area contributed by atoms with Crippen molar-refractivity contribution >= 4 is 8.32 Å². The van der Waals surface area contributed by atoms with E-state index in [0.717, 1.165) is 63.8 Å². The third kappa shape index (κ3) is 9.03. The standard InChI is InChI=1S/C20H35NO4Si/c1-18(25-26(2,3)4)10-15-24-20-8-6-19(7-9-20)23-14-5-11-21-12-16-22-17-13-21/h6-9,18H,5,10-17H2,1-4H3. The number of morpholine rings is 1. The molecule has 1 atom stereocenters. The zero-order chi connectivity index (χ0) is 18.8. The van der Waals surface area contributed by atoms with E-state index in [-0.39, 0.29) is 6.10 Å². The van der Waals surface area contributed by atoms with E-state index in [0.29, 0.717) is 6.61 Å². The van der Waals surface area contributed by atoms with Crippen LogP contribution in [0.3, 0.4) is 0 Å². The molecule has 6 heteroatoms. The fraction of sp³-hybridized carbons (Fsp3) is 0.700. The van der Waals surface area contributed by atoms with Gasteiger partial charge in [0.1, 0.15) is 11.5 Å². The van der Waals surface area contributed by atoms with E-state index in [4.69, 9.17) is 18.6 Å². The largest absolute Gasteiger partial charge is 0.494 e. The van der Waals surface area contributed by atoms with Crippen LogP contribution in [0.4, 0.5) is 0 Å². The van der Waals surface area contributed by atoms with E-state index in [9.17, 15) is 0 Å². The molecule has 1 aromatic carbocycles. The van der Waals surface area contributed by atoms with Gasteiger partial charge in [0.2, 0.25) is 0 Å². The summed E-state index contributed by atoms with van der Waals surface area (Å²) in [7, 11) is -1.47. The van der Waals surface area contributed by atoms with Crippen molar-refractivity contribution in [2.45, 2.75) is 45.5 Å². The van der Waals surface area contributed by atoms with Crippen molar-refractivity contribution in [3.05, 3.63) is 24.3 Å². The van der Waals surface area contributed by atoms with E-state index in [1.807, 2.05) is 24.3 Å². The molecule has 1 aliphatic rings. The van der Waals surface area contributed by atoms with Gasteiger partial charge in [0.15, 0.2) is 8.32 Å². The second-order valence-corrected chi connectivity index (χ2v) is 12.3. The monoisotopic (exact) mass is 381 g/mol. The van der Waals surface area contributed by atoms with Gasteiger partial charge in [-0.1, -0.05) is 0 Å². The molecule has 1 heterocycles. The Hall–Kier alpha value is -1.08. The summed E-state index contributed by atoms with van der Waals surface area (Å²) in [6.45, 7) is 15.0. The molecule has 0 radical (unpaired) electrons. The van der Waals surface area contributed by atoms with Crippen molar-refractivity contribution in [2.75, 3.05) is 46.1 Å². The zero-order valence-corrected chi connectivity index (χ0v) is 17.8. The highest BCUT2D eigenvalue weighted by molar-refractivity contribution is 6.69. The number of rotatable bonds is 11. The highest BCUT2D eigenvalue weighted by atomic mass is 28.4. The van der Waals surface area contributed by atoms with Gasteiger partial charge in [0, 0.05) is 32.2 Å². The van der Waals surface area contributed by atoms with Crippen molar-refractivity contribution < 1.29 is 18.6 Å². The highest BCUT2D eigenvalue weighted by Crippen LogP contribution is 2.18. The van der Waals surface area contributed by atoms with E-state index >= 15 is 0 Å². The smallest absolute Gasteiger partial charge is 0.184 e. The molecule has 1 fully saturated rings. The normalized spacial score (nSPS) is 17.1. The van der Waals surface area contributed by atoms with Crippen molar-refractivity contribution in [1.29, 1.82) is 0 Å². The van der Waals surface area contributed by atoms with Crippen LogP contribution in [0.15, 0.2) is 24.3 Å². The van der Waals surface area contributed by atoms with E-state index in [2.05, 4.69) is 31.5 Å². The summed E-state index contributed by atoms with van der Waals surface area (Å²) in [4.78, 5) is 2.43.